The second-order valence-corrected chi connectivity index (χ2v) is 6.95. The lowest BCUT2D eigenvalue weighted by Gasteiger charge is -2.21. The van der Waals surface area contributed by atoms with Crippen molar-refractivity contribution in [3.8, 4) is 0 Å². The van der Waals surface area contributed by atoms with E-state index in [2.05, 4.69) is 20.9 Å². The standard InChI is InChI=1S/C17H32N6O7/c1-9(2)8-30-17(29)23-12(7-24)14(26)21-10(3)13(25)22-11(15(27)28)5-4-6-20-16(18)19/h9-12,24H,4-8H2,1-3H3,(H,21,26)(H,22,25)(H,23,29)(H,27,28)(H4,18,19,20)/t10-,11-,12+/m0/s1. The van der Waals surface area contributed by atoms with Gasteiger partial charge in [-0.3, -0.25) is 14.6 Å². The number of rotatable bonds is 13. The number of aliphatic hydroxyl groups excluding tert-OH is 1. The molecular formula is C17H32N6O7. The minimum Gasteiger partial charge on any atom is -0.480 e. The molecule has 0 radical (unpaired) electrons. The fourth-order valence-electron chi connectivity index (χ4n) is 2.06. The van der Waals surface area contributed by atoms with Crippen LogP contribution in [-0.2, 0) is 19.1 Å². The molecule has 0 saturated heterocycles. The molecule has 3 amide bonds. The summed E-state index contributed by atoms with van der Waals surface area (Å²) in [7, 11) is 0. The molecule has 0 bridgehead atoms. The number of aliphatic imine (C=N–C) groups is 1. The number of carbonyl (C=O) groups is 4. The lowest BCUT2D eigenvalue weighted by Crippen LogP contribution is -2.55. The Hall–Kier alpha value is -3.09. The van der Waals surface area contributed by atoms with E-state index in [1.165, 1.54) is 6.92 Å². The van der Waals surface area contributed by atoms with Gasteiger partial charge >= 0.3 is 12.1 Å². The van der Waals surface area contributed by atoms with Gasteiger partial charge in [0.15, 0.2) is 5.96 Å². The molecule has 0 unspecified atom stereocenters. The molecule has 0 fully saturated rings. The first-order chi connectivity index (χ1) is 14.0. The van der Waals surface area contributed by atoms with Crippen LogP contribution < -0.4 is 27.4 Å². The highest BCUT2D eigenvalue weighted by Crippen LogP contribution is 2.00. The van der Waals surface area contributed by atoms with E-state index < -0.39 is 48.6 Å². The van der Waals surface area contributed by atoms with Crippen molar-refractivity contribution in [2.45, 2.75) is 51.7 Å². The van der Waals surface area contributed by atoms with Crippen LogP contribution in [0.5, 0.6) is 0 Å². The molecule has 0 aliphatic rings. The van der Waals surface area contributed by atoms with Crippen molar-refractivity contribution < 1.29 is 34.1 Å². The fraction of sp³-hybridized carbons (Fsp3) is 0.706. The van der Waals surface area contributed by atoms with Crippen LogP contribution in [0, 0.1) is 5.92 Å². The monoisotopic (exact) mass is 432 g/mol. The molecule has 0 rings (SSSR count). The number of hydrogen-bond acceptors (Lipinski definition) is 7. The first-order valence-electron chi connectivity index (χ1n) is 9.41. The Morgan fingerprint density at radius 2 is 1.63 bits per heavy atom. The lowest BCUT2D eigenvalue weighted by atomic mass is 10.1. The zero-order valence-corrected chi connectivity index (χ0v) is 17.4. The first-order valence-corrected chi connectivity index (χ1v) is 9.41. The van der Waals surface area contributed by atoms with Crippen molar-refractivity contribution in [2.75, 3.05) is 19.8 Å². The molecule has 3 atom stereocenters. The second kappa shape index (κ2) is 14.0. The number of ether oxygens (including phenoxy) is 1. The van der Waals surface area contributed by atoms with Gasteiger partial charge in [-0.25, -0.2) is 9.59 Å². The highest BCUT2D eigenvalue weighted by Gasteiger charge is 2.27. The summed E-state index contributed by atoms with van der Waals surface area (Å²) < 4.78 is 4.87. The molecule has 0 aliphatic heterocycles. The summed E-state index contributed by atoms with van der Waals surface area (Å²) in [4.78, 5) is 51.1. The maximum absolute atomic E-state index is 12.2. The van der Waals surface area contributed by atoms with Crippen LogP contribution >= 0.6 is 0 Å². The quantitative estimate of drug-likeness (QED) is 0.0957. The van der Waals surface area contributed by atoms with Crippen LogP contribution in [0.4, 0.5) is 4.79 Å². The minimum absolute atomic E-state index is 0.0705. The summed E-state index contributed by atoms with van der Waals surface area (Å²) in [6.07, 6.45) is -0.506. The van der Waals surface area contributed by atoms with Crippen LogP contribution in [0.3, 0.4) is 0 Å². The van der Waals surface area contributed by atoms with Gasteiger partial charge in [-0.2, -0.15) is 0 Å². The van der Waals surface area contributed by atoms with E-state index in [4.69, 9.17) is 16.2 Å². The van der Waals surface area contributed by atoms with Crippen LogP contribution in [0.25, 0.3) is 0 Å². The van der Waals surface area contributed by atoms with Crippen molar-refractivity contribution in [1.82, 2.24) is 16.0 Å². The molecule has 9 N–H and O–H groups in total. The van der Waals surface area contributed by atoms with Crippen molar-refractivity contribution >= 4 is 29.8 Å². The van der Waals surface area contributed by atoms with Crippen molar-refractivity contribution in [1.29, 1.82) is 0 Å². The Morgan fingerprint density at radius 3 is 2.13 bits per heavy atom. The molecule has 0 spiro atoms. The van der Waals surface area contributed by atoms with E-state index >= 15 is 0 Å². The number of hydrogen-bond donors (Lipinski definition) is 7. The maximum atomic E-state index is 12.2. The number of amides is 3. The number of aliphatic hydroxyl groups is 1. The molecule has 0 saturated carbocycles. The van der Waals surface area contributed by atoms with E-state index in [1.54, 1.807) is 0 Å². The summed E-state index contributed by atoms with van der Waals surface area (Å²) in [6, 6.07) is -3.67. The Labute approximate surface area is 174 Å². The highest BCUT2D eigenvalue weighted by atomic mass is 16.5. The first kappa shape index (κ1) is 26.9. The van der Waals surface area contributed by atoms with Crippen LogP contribution in [-0.4, -0.2) is 77.9 Å². The Balaban J connectivity index is 4.67. The molecule has 13 heteroatoms. The van der Waals surface area contributed by atoms with Gasteiger partial charge in [-0.15, -0.1) is 0 Å². The van der Waals surface area contributed by atoms with Crippen molar-refractivity contribution in [3.05, 3.63) is 0 Å². The number of carboxylic acids is 1. The minimum atomic E-state index is -1.34. The number of nitrogens with one attached hydrogen (secondary N) is 3. The average molecular weight is 432 g/mol. The number of guanidine groups is 1. The maximum Gasteiger partial charge on any atom is 0.407 e. The Bertz CT molecular complexity index is 622. The summed E-state index contributed by atoms with van der Waals surface area (Å²) in [5, 5.41) is 25.3. The topological polar surface area (TPSA) is 218 Å². The number of alkyl carbamates (subject to hydrolysis) is 1. The average Bonchev–Trinajstić information content (AvgIpc) is 2.65. The van der Waals surface area contributed by atoms with Crippen LogP contribution in [0.15, 0.2) is 4.99 Å². The SMILES string of the molecule is CC(C)COC(=O)N[C@H](CO)C(=O)N[C@@H](C)C(=O)N[C@@H](CCCN=C(N)N)C(=O)O. The summed E-state index contributed by atoms with van der Waals surface area (Å²) in [5.74, 6) is -2.88. The van der Waals surface area contributed by atoms with Gasteiger partial charge in [0.2, 0.25) is 11.8 Å². The van der Waals surface area contributed by atoms with Gasteiger partial charge in [-0.1, -0.05) is 13.8 Å². The number of carbonyl (C=O) groups excluding carboxylic acids is 3. The van der Waals surface area contributed by atoms with Crippen molar-refractivity contribution in [2.24, 2.45) is 22.4 Å². The van der Waals surface area contributed by atoms with Gasteiger partial charge in [0.05, 0.1) is 13.2 Å². The number of nitrogens with zero attached hydrogens (tertiary/aromatic N) is 1. The molecular weight excluding hydrogens is 400 g/mol. The van der Waals surface area contributed by atoms with E-state index in [1.807, 2.05) is 13.8 Å². The third kappa shape index (κ3) is 11.7. The largest absolute Gasteiger partial charge is 0.480 e. The predicted molar refractivity (Wildman–Crippen MR) is 107 cm³/mol. The molecule has 0 aliphatic carbocycles. The van der Waals surface area contributed by atoms with Gasteiger partial charge in [0.25, 0.3) is 0 Å². The number of aliphatic carboxylic acids is 1. The Kier molecular flexibility index (Phi) is 12.5. The van der Waals surface area contributed by atoms with E-state index in [0.29, 0.717) is 6.42 Å². The van der Waals surface area contributed by atoms with E-state index in [0.717, 1.165) is 0 Å². The molecule has 172 valence electrons. The van der Waals surface area contributed by atoms with E-state index in [-0.39, 0.29) is 31.4 Å². The normalized spacial score (nSPS) is 13.5. The molecule has 0 aromatic rings. The summed E-state index contributed by atoms with van der Waals surface area (Å²) >= 11 is 0. The van der Waals surface area contributed by atoms with Crippen LogP contribution in [0.2, 0.25) is 0 Å². The molecule has 0 heterocycles. The molecule has 13 nitrogen and oxygen atoms in total. The van der Waals surface area contributed by atoms with Crippen molar-refractivity contribution in [3.63, 3.8) is 0 Å². The molecule has 0 aromatic carbocycles. The number of nitrogens with two attached hydrogens (primary N) is 2. The summed E-state index contributed by atoms with van der Waals surface area (Å²) in [5.41, 5.74) is 10.4. The smallest absolute Gasteiger partial charge is 0.407 e. The summed E-state index contributed by atoms with van der Waals surface area (Å²) in [6.45, 7) is 4.59. The van der Waals surface area contributed by atoms with E-state index in [9.17, 15) is 29.4 Å². The predicted octanol–water partition coefficient (Wildman–Crippen LogP) is -2.14. The molecule has 0 aromatic heterocycles. The number of carboxylic acid groups (broad SMARTS) is 1. The lowest BCUT2D eigenvalue weighted by molar-refractivity contribution is -0.142. The second-order valence-electron chi connectivity index (χ2n) is 6.95. The third-order valence-electron chi connectivity index (χ3n) is 3.65. The third-order valence-corrected chi connectivity index (χ3v) is 3.65. The highest BCUT2D eigenvalue weighted by molar-refractivity contribution is 5.92. The van der Waals surface area contributed by atoms with Gasteiger partial charge < -0.3 is 42.4 Å². The van der Waals surface area contributed by atoms with Gasteiger partial charge in [0.1, 0.15) is 18.1 Å². The molecule has 30 heavy (non-hydrogen) atoms. The van der Waals surface area contributed by atoms with Gasteiger partial charge in [-0.05, 0) is 25.7 Å². The Morgan fingerprint density at radius 1 is 1.00 bits per heavy atom. The van der Waals surface area contributed by atoms with Gasteiger partial charge in [0, 0.05) is 6.54 Å². The fourth-order valence-corrected chi connectivity index (χ4v) is 2.06. The van der Waals surface area contributed by atoms with Crippen LogP contribution in [0.1, 0.15) is 33.6 Å². The zero-order chi connectivity index (χ0) is 23.3. The zero-order valence-electron chi connectivity index (χ0n) is 17.4.